The lowest BCUT2D eigenvalue weighted by Crippen LogP contribution is -2.46. The average Bonchev–Trinajstić information content (AvgIpc) is 3.39. The van der Waals surface area contributed by atoms with E-state index in [4.69, 9.17) is 14.5 Å². The third-order valence-corrected chi connectivity index (χ3v) is 8.21. The van der Waals surface area contributed by atoms with Crippen molar-refractivity contribution in [3.63, 3.8) is 0 Å². The van der Waals surface area contributed by atoms with E-state index in [1.165, 1.54) is 6.07 Å². The first-order valence-electron chi connectivity index (χ1n) is 16.1. The third-order valence-electron chi connectivity index (χ3n) is 8.21. The molecule has 4 aromatic rings. The van der Waals surface area contributed by atoms with Gasteiger partial charge in [0.15, 0.2) is 0 Å². The van der Waals surface area contributed by atoms with Gasteiger partial charge < -0.3 is 24.3 Å². The highest BCUT2D eigenvalue weighted by Crippen LogP contribution is 2.30. The number of nitrogens with one attached hydrogen (secondary N) is 1. The molecule has 1 aliphatic rings. The first-order valence-corrected chi connectivity index (χ1v) is 16.1. The molecule has 0 saturated carbocycles. The number of pyridine rings is 1. The number of nitrogens with zero attached hydrogens (tertiary/aromatic N) is 4. The first kappa shape index (κ1) is 32.9. The van der Waals surface area contributed by atoms with Crippen LogP contribution in [0, 0.1) is 0 Å². The summed E-state index contributed by atoms with van der Waals surface area (Å²) in [5, 5.41) is 2.95. The van der Waals surface area contributed by atoms with E-state index in [0.717, 1.165) is 53.9 Å². The van der Waals surface area contributed by atoms with Crippen LogP contribution in [0.5, 0.6) is 0 Å². The quantitative estimate of drug-likeness (QED) is 0.222. The number of piperidine rings is 1. The Kier molecular flexibility index (Phi) is 10.6. The second-order valence-electron chi connectivity index (χ2n) is 13.0. The lowest BCUT2D eigenvalue weighted by Gasteiger charge is -2.34. The Hall–Kier alpha value is -4.44. The fraction of sp³-hybridized carbons (Fsp3) is 0.444. The molecule has 2 atom stereocenters. The number of hydrogen-bond acceptors (Lipinski definition) is 6. The minimum absolute atomic E-state index is 0.0136. The summed E-state index contributed by atoms with van der Waals surface area (Å²) in [4.78, 5) is 45.9. The molecule has 244 valence electrons. The molecule has 1 saturated heterocycles. The van der Waals surface area contributed by atoms with E-state index in [9.17, 15) is 14.4 Å². The van der Waals surface area contributed by atoms with Gasteiger partial charge in [0.05, 0.1) is 11.0 Å². The molecule has 3 heterocycles. The van der Waals surface area contributed by atoms with E-state index in [2.05, 4.69) is 16.0 Å². The standard InChI is InChI=1S/C36H45N5O5/c1-36(2,3)46-35(44)37-28(23-26-15-17-29(18-16-26)40-20-8-7-14-32(40)42)24-33(43)39-19-9-11-27(25-39)34-38-30-12-5-6-13-31(30)41(34)21-10-22-45-4/h5-8,12-18,20,27-28H,9-11,19,21-25H2,1-4H3,(H,37,44)/t27-,28-/m1/s1. The number of para-hydroxylation sites is 2. The van der Waals surface area contributed by atoms with Gasteiger partial charge in [-0.05, 0) is 82.3 Å². The van der Waals surface area contributed by atoms with Crippen LogP contribution in [0.25, 0.3) is 16.7 Å². The minimum Gasteiger partial charge on any atom is -0.444 e. The molecule has 10 heteroatoms. The number of ether oxygens (including phenoxy) is 2. The van der Waals surface area contributed by atoms with Crippen LogP contribution in [-0.4, -0.2) is 69.5 Å². The number of benzene rings is 2. The number of amides is 2. The number of likely N-dealkylation sites (tertiary alicyclic amines) is 1. The van der Waals surface area contributed by atoms with Crippen molar-refractivity contribution in [1.82, 2.24) is 24.3 Å². The number of carbonyl (C=O) groups excluding carboxylic acids is 2. The van der Waals surface area contributed by atoms with Gasteiger partial charge in [0.1, 0.15) is 11.4 Å². The maximum atomic E-state index is 13.8. The fourth-order valence-electron chi connectivity index (χ4n) is 6.13. The highest BCUT2D eigenvalue weighted by molar-refractivity contribution is 5.79. The molecule has 0 bridgehead atoms. The predicted molar refractivity (Wildman–Crippen MR) is 178 cm³/mol. The van der Waals surface area contributed by atoms with Crippen molar-refractivity contribution < 1.29 is 19.1 Å². The van der Waals surface area contributed by atoms with E-state index in [1.807, 2.05) is 74.2 Å². The molecular weight excluding hydrogens is 582 g/mol. The molecular formula is C36H45N5O5. The Morgan fingerprint density at radius 3 is 2.54 bits per heavy atom. The van der Waals surface area contributed by atoms with Crippen LogP contribution in [0.1, 0.15) is 63.8 Å². The Balaban J connectivity index is 1.31. The first-order chi connectivity index (χ1) is 22.1. The largest absolute Gasteiger partial charge is 0.444 e. The Labute approximate surface area is 270 Å². The van der Waals surface area contributed by atoms with Crippen LogP contribution in [-0.2, 0) is 27.2 Å². The number of methoxy groups -OCH3 is 1. The van der Waals surface area contributed by atoms with Crippen molar-refractivity contribution in [2.75, 3.05) is 26.8 Å². The molecule has 1 fully saturated rings. The number of fused-ring (bicyclic) bond motifs is 1. The summed E-state index contributed by atoms with van der Waals surface area (Å²) in [5.41, 5.74) is 2.95. The Morgan fingerprint density at radius 2 is 1.80 bits per heavy atom. The van der Waals surface area contributed by atoms with Gasteiger partial charge in [0.2, 0.25) is 5.91 Å². The molecule has 0 aliphatic carbocycles. The maximum absolute atomic E-state index is 13.8. The van der Waals surface area contributed by atoms with Gasteiger partial charge in [-0.2, -0.15) is 0 Å². The Morgan fingerprint density at radius 1 is 1.04 bits per heavy atom. The average molecular weight is 628 g/mol. The predicted octanol–water partition coefficient (Wildman–Crippen LogP) is 5.46. The van der Waals surface area contributed by atoms with Crippen molar-refractivity contribution in [1.29, 1.82) is 0 Å². The number of imidazole rings is 1. The van der Waals surface area contributed by atoms with E-state index < -0.39 is 17.7 Å². The van der Waals surface area contributed by atoms with Crippen LogP contribution in [0.4, 0.5) is 4.79 Å². The summed E-state index contributed by atoms with van der Waals surface area (Å²) >= 11 is 0. The molecule has 0 unspecified atom stereocenters. The monoisotopic (exact) mass is 627 g/mol. The highest BCUT2D eigenvalue weighted by atomic mass is 16.6. The van der Waals surface area contributed by atoms with Crippen molar-refractivity contribution in [3.05, 3.63) is 94.7 Å². The maximum Gasteiger partial charge on any atom is 0.407 e. The second kappa shape index (κ2) is 14.8. The number of carbonyl (C=O) groups is 2. The zero-order chi connectivity index (χ0) is 32.7. The number of rotatable bonds is 11. The lowest BCUT2D eigenvalue weighted by molar-refractivity contribution is -0.132. The summed E-state index contributed by atoms with van der Waals surface area (Å²) in [5.74, 6) is 1.11. The third kappa shape index (κ3) is 8.42. The van der Waals surface area contributed by atoms with E-state index >= 15 is 0 Å². The van der Waals surface area contributed by atoms with E-state index in [0.29, 0.717) is 26.1 Å². The fourth-order valence-corrected chi connectivity index (χ4v) is 6.13. The zero-order valence-electron chi connectivity index (χ0n) is 27.3. The van der Waals surface area contributed by atoms with Gasteiger partial charge in [0.25, 0.3) is 5.56 Å². The molecule has 2 aromatic heterocycles. The number of hydrogen-bond donors (Lipinski definition) is 1. The normalized spacial score (nSPS) is 15.9. The molecule has 5 rings (SSSR count). The molecule has 46 heavy (non-hydrogen) atoms. The molecule has 0 radical (unpaired) electrons. The summed E-state index contributed by atoms with van der Waals surface area (Å²) in [7, 11) is 1.71. The van der Waals surface area contributed by atoms with Gasteiger partial charge in [-0.3, -0.25) is 14.2 Å². The van der Waals surface area contributed by atoms with Gasteiger partial charge >= 0.3 is 6.09 Å². The summed E-state index contributed by atoms with van der Waals surface area (Å²) in [6.45, 7) is 8.15. The van der Waals surface area contributed by atoms with Gasteiger partial charge in [-0.15, -0.1) is 0 Å². The molecule has 2 amide bonds. The molecule has 10 nitrogen and oxygen atoms in total. The van der Waals surface area contributed by atoms with Gasteiger partial charge in [-0.25, -0.2) is 9.78 Å². The van der Waals surface area contributed by atoms with Gasteiger partial charge in [-0.1, -0.05) is 30.3 Å². The number of aryl methyl sites for hydroxylation is 1. The molecule has 1 N–H and O–H groups in total. The SMILES string of the molecule is COCCCn1c([C@@H]2CCCN(C(=O)C[C@@H](Cc3ccc(-n4ccccc4=O)cc3)NC(=O)OC(C)(C)C)C2)nc2ccccc21. The van der Waals surface area contributed by atoms with Crippen LogP contribution in [0.2, 0.25) is 0 Å². The lowest BCUT2D eigenvalue weighted by atomic mass is 9.95. The van der Waals surface area contributed by atoms with Crippen LogP contribution in [0.3, 0.4) is 0 Å². The highest BCUT2D eigenvalue weighted by Gasteiger charge is 2.30. The van der Waals surface area contributed by atoms with Crippen LogP contribution >= 0.6 is 0 Å². The number of aromatic nitrogens is 3. The van der Waals surface area contributed by atoms with Gasteiger partial charge in [0, 0.05) is 69.7 Å². The summed E-state index contributed by atoms with van der Waals surface area (Å²) in [6, 6.07) is 20.3. The topological polar surface area (TPSA) is 108 Å². The van der Waals surface area contributed by atoms with Crippen molar-refractivity contribution >= 4 is 23.0 Å². The van der Waals surface area contributed by atoms with Crippen molar-refractivity contribution in [3.8, 4) is 5.69 Å². The van der Waals surface area contributed by atoms with E-state index in [-0.39, 0.29) is 23.8 Å². The van der Waals surface area contributed by atoms with Crippen LogP contribution in [0.15, 0.2) is 77.7 Å². The summed E-state index contributed by atoms with van der Waals surface area (Å²) in [6.07, 6.45) is 4.44. The molecule has 0 spiro atoms. The second-order valence-corrected chi connectivity index (χ2v) is 13.0. The smallest absolute Gasteiger partial charge is 0.407 e. The van der Waals surface area contributed by atoms with E-state index in [1.54, 1.807) is 23.9 Å². The van der Waals surface area contributed by atoms with Crippen LogP contribution < -0.4 is 10.9 Å². The van der Waals surface area contributed by atoms with Crippen molar-refractivity contribution in [2.24, 2.45) is 0 Å². The molecule has 2 aromatic carbocycles. The Bertz CT molecular complexity index is 1690. The minimum atomic E-state index is -0.669. The van der Waals surface area contributed by atoms with Crippen molar-refractivity contribution in [2.45, 2.75) is 77.0 Å². The molecule has 1 aliphatic heterocycles. The zero-order valence-corrected chi connectivity index (χ0v) is 27.3. The summed E-state index contributed by atoms with van der Waals surface area (Å²) < 4.78 is 14.7. The number of alkyl carbamates (subject to hydrolysis) is 1.